The molecule has 0 spiro atoms. The molecule has 0 unspecified atom stereocenters. The zero-order valence-electron chi connectivity index (χ0n) is 13.6. The maximum Gasteiger partial charge on any atom is 0.219 e. The van der Waals surface area contributed by atoms with E-state index in [1.54, 1.807) is 6.92 Å². The number of piperidine rings is 1. The molecule has 0 saturated carbocycles. The number of benzene rings is 2. The van der Waals surface area contributed by atoms with Crippen LogP contribution in [0.25, 0.3) is 0 Å². The largest absolute Gasteiger partial charge is 0.490 e. The van der Waals surface area contributed by atoms with E-state index >= 15 is 0 Å². The summed E-state index contributed by atoms with van der Waals surface area (Å²) in [6.45, 7) is 3.23. The fourth-order valence-corrected chi connectivity index (χ4v) is 3.00. The van der Waals surface area contributed by atoms with Gasteiger partial charge in [-0.15, -0.1) is 0 Å². The Morgan fingerprint density at radius 2 is 1.61 bits per heavy atom. The molecule has 1 aliphatic rings. The molecule has 3 rings (SSSR count). The number of ether oxygens (including phenoxy) is 1. The first kappa shape index (κ1) is 15.6. The summed E-state index contributed by atoms with van der Waals surface area (Å²) in [4.78, 5) is 13.2. The minimum atomic E-state index is 0.161. The third-order valence-corrected chi connectivity index (χ3v) is 4.36. The average molecular weight is 309 g/mol. The number of likely N-dealkylation sites (tertiary alicyclic amines) is 1. The van der Waals surface area contributed by atoms with Gasteiger partial charge in [-0.25, -0.2) is 0 Å². The van der Waals surface area contributed by atoms with Crippen molar-refractivity contribution in [2.75, 3.05) is 13.1 Å². The van der Waals surface area contributed by atoms with Crippen molar-refractivity contribution in [1.82, 2.24) is 4.90 Å². The van der Waals surface area contributed by atoms with Crippen LogP contribution < -0.4 is 4.74 Å². The van der Waals surface area contributed by atoms with Gasteiger partial charge in [-0.05, 0) is 29.7 Å². The highest BCUT2D eigenvalue weighted by atomic mass is 16.5. The molecule has 0 radical (unpaired) electrons. The lowest BCUT2D eigenvalue weighted by Gasteiger charge is -2.31. The number of hydrogen-bond donors (Lipinski definition) is 0. The van der Waals surface area contributed by atoms with E-state index < -0.39 is 0 Å². The Kier molecular flexibility index (Phi) is 4.96. The van der Waals surface area contributed by atoms with Crippen molar-refractivity contribution in [1.29, 1.82) is 0 Å². The van der Waals surface area contributed by atoms with E-state index in [-0.39, 0.29) is 12.0 Å². The van der Waals surface area contributed by atoms with Gasteiger partial charge in [-0.1, -0.05) is 42.5 Å². The van der Waals surface area contributed by atoms with Crippen molar-refractivity contribution in [2.24, 2.45) is 0 Å². The van der Waals surface area contributed by atoms with Gasteiger partial charge in [0.05, 0.1) is 0 Å². The zero-order valence-corrected chi connectivity index (χ0v) is 13.6. The van der Waals surface area contributed by atoms with E-state index in [0.717, 1.165) is 38.1 Å². The molecule has 2 aromatic carbocycles. The van der Waals surface area contributed by atoms with Crippen LogP contribution in [-0.2, 0) is 11.2 Å². The molecule has 1 saturated heterocycles. The van der Waals surface area contributed by atoms with Gasteiger partial charge in [0.15, 0.2) is 0 Å². The van der Waals surface area contributed by atoms with Gasteiger partial charge in [0, 0.05) is 32.9 Å². The van der Waals surface area contributed by atoms with Crippen molar-refractivity contribution in [3.05, 3.63) is 65.7 Å². The Bertz CT molecular complexity index is 628. The number of rotatable bonds is 4. The minimum absolute atomic E-state index is 0.161. The summed E-state index contributed by atoms with van der Waals surface area (Å²) in [6, 6.07) is 18.8. The molecule has 120 valence electrons. The van der Waals surface area contributed by atoms with Gasteiger partial charge in [0.25, 0.3) is 0 Å². The highest BCUT2D eigenvalue weighted by molar-refractivity contribution is 5.73. The van der Waals surface area contributed by atoms with Crippen LogP contribution in [0.2, 0.25) is 0 Å². The molecule has 3 nitrogen and oxygen atoms in total. The predicted molar refractivity (Wildman–Crippen MR) is 91.6 cm³/mol. The van der Waals surface area contributed by atoms with E-state index in [4.69, 9.17) is 4.74 Å². The topological polar surface area (TPSA) is 29.5 Å². The fraction of sp³-hybridized carbons (Fsp3) is 0.350. The molecular weight excluding hydrogens is 286 g/mol. The normalized spacial score (nSPS) is 15.4. The second kappa shape index (κ2) is 7.32. The number of carbonyl (C=O) groups excluding carboxylic acids is 1. The molecule has 1 aliphatic heterocycles. The molecule has 3 heteroatoms. The van der Waals surface area contributed by atoms with Gasteiger partial charge >= 0.3 is 0 Å². The molecule has 1 fully saturated rings. The van der Waals surface area contributed by atoms with E-state index in [0.29, 0.717) is 0 Å². The van der Waals surface area contributed by atoms with Gasteiger partial charge in [0.1, 0.15) is 11.9 Å². The van der Waals surface area contributed by atoms with Crippen LogP contribution >= 0.6 is 0 Å². The molecule has 0 bridgehead atoms. The first-order chi connectivity index (χ1) is 11.2. The monoisotopic (exact) mass is 309 g/mol. The lowest BCUT2D eigenvalue weighted by molar-refractivity contribution is -0.130. The highest BCUT2D eigenvalue weighted by Crippen LogP contribution is 2.20. The first-order valence-corrected chi connectivity index (χ1v) is 8.26. The Balaban J connectivity index is 1.53. The molecule has 0 aliphatic carbocycles. The van der Waals surface area contributed by atoms with Crippen LogP contribution in [0, 0.1) is 0 Å². The maximum absolute atomic E-state index is 11.3. The zero-order chi connectivity index (χ0) is 16.1. The van der Waals surface area contributed by atoms with Gasteiger partial charge in [-0.3, -0.25) is 4.79 Å². The Hall–Kier alpha value is -2.29. The van der Waals surface area contributed by atoms with E-state index in [1.807, 2.05) is 11.0 Å². The van der Waals surface area contributed by atoms with Crippen LogP contribution in [0.15, 0.2) is 54.6 Å². The van der Waals surface area contributed by atoms with Crippen molar-refractivity contribution in [3.8, 4) is 5.75 Å². The number of hydrogen-bond acceptors (Lipinski definition) is 2. The summed E-state index contributed by atoms with van der Waals surface area (Å²) in [6.07, 6.45) is 2.97. The highest BCUT2D eigenvalue weighted by Gasteiger charge is 2.21. The van der Waals surface area contributed by atoms with Gasteiger partial charge in [0.2, 0.25) is 5.91 Å². The fourth-order valence-electron chi connectivity index (χ4n) is 3.00. The molecule has 1 amide bonds. The lowest BCUT2D eigenvalue weighted by atomic mass is 10.0. The standard InChI is InChI=1S/C20H23NO2/c1-16(22)21-13-11-20(12-14-21)23-19-9-7-18(8-10-19)15-17-5-3-2-4-6-17/h2-10,20H,11-15H2,1H3. The second-order valence-electron chi connectivity index (χ2n) is 6.13. The summed E-state index contributed by atoms with van der Waals surface area (Å²) >= 11 is 0. The van der Waals surface area contributed by atoms with E-state index in [9.17, 15) is 4.79 Å². The smallest absolute Gasteiger partial charge is 0.219 e. The number of amides is 1. The molecule has 23 heavy (non-hydrogen) atoms. The molecule has 1 heterocycles. The van der Waals surface area contributed by atoms with E-state index in [2.05, 4.69) is 48.5 Å². The minimum Gasteiger partial charge on any atom is -0.490 e. The van der Waals surface area contributed by atoms with Crippen LogP contribution in [0.1, 0.15) is 30.9 Å². The maximum atomic E-state index is 11.3. The summed E-state index contributed by atoms with van der Waals surface area (Å²) < 4.78 is 6.05. The van der Waals surface area contributed by atoms with Crippen molar-refractivity contribution < 1.29 is 9.53 Å². The van der Waals surface area contributed by atoms with Gasteiger partial charge in [-0.2, -0.15) is 0 Å². The van der Waals surface area contributed by atoms with Crippen LogP contribution in [0.5, 0.6) is 5.75 Å². The quantitative estimate of drug-likeness (QED) is 0.862. The van der Waals surface area contributed by atoms with Crippen LogP contribution in [0.4, 0.5) is 0 Å². The molecule has 0 aromatic heterocycles. The Labute approximate surface area is 137 Å². The Morgan fingerprint density at radius 3 is 2.22 bits per heavy atom. The molecule has 0 N–H and O–H groups in total. The van der Waals surface area contributed by atoms with Crippen molar-refractivity contribution >= 4 is 5.91 Å². The summed E-state index contributed by atoms with van der Waals surface area (Å²) in [5.74, 6) is 1.08. The third-order valence-electron chi connectivity index (χ3n) is 4.36. The van der Waals surface area contributed by atoms with E-state index in [1.165, 1.54) is 11.1 Å². The lowest BCUT2D eigenvalue weighted by Crippen LogP contribution is -2.40. The Morgan fingerprint density at radius 1 is 1.00 bits per heavy atom. The molecular formula is C20H23NO2. The third kappa shape index (κ3) is 4.35. The summed E-state index contributed by atoms with van der Waals surface area (Å²) in [5, 5.41) is 0. The SMILES string of the molecule is CC(=O)N1CCC(Oc2ccc(Cc3ccccc3)cc2)CC1. The summed E-state index contributed by atoms with van der Waals surface area (Å²) in [7, 11) is 0. The second-order valence-corrected chi connectivity index (χ2v) is 6.13. The van der Waals surface area contributed by atoms with Crippen LogP contribution in [-0.4, -0.2) is 30.0 Å². The first-order valence-electron chi connectivity index (χ1n) is 8.26. The van der Waals surface area contributed by atoms with Crippen molar-refractivity contribution in [2.45, 2.75) is 32.3 Å². The van der Waals surface area contributed by atoms with Gasteiger partial charge < -0.3 is 9.64 Å². The number of nitrogens with zero attached hydrogens (tertiary/aromatic N) is 1. The van der Waals surface area contributed by atoms with Crippen LogP contribution in [0.3, 0.4) is 0 Å². The summed E-state index contributed by atoms with van der Waals surface area (Å²) in [5.41, 5.74) is 2.60. The van der Waals surface area contributed by atoms with Crippen molar-refractivity contribution in [3.63, 3.8) is 0 Å². The predicted octanol–water partition coefficient (Wildman–Crippen LogP) is 3.67. The average Bonchev–Trinajstić information content (AvgIpc) is 2.58. The number of carbonyl (C=O) groups is 1. The molecule has 2 aromatic rings. The molecule has 0 atom stereocenters.